The van der Waals surface area contributed by atoms with E-state index in [1.165, 1.54) is 308 Å². The van der Waals surface area contributed by atoms with E-state index in [4.69, 9.17) is 4.74 Å². The number of aliphatic hydroxyl groups is 2. The van der Waals surface area contributed by atoms with Crippen LogP contribution in [0.25, 0.3) is 0 Å². The molecule has 0 aliphatic carbocycles. The molecule has 6 heteroatoms. The highest BCUT2D eigenvalue weighted by Crippen LogP contribution is 2.19. The number of hydrogen-bond acceptors (Lipinski definition) is 5. The fourth-order valence-corrected chi connectivity index (χ4v) is 11.2. The van der Waals surface area contributed by atoms with Crippen LogP contribution in [0.1, 0.15) is 393 Å². The first-order valence-electron chi connectivity index (χ1n) is 35.7. The molecule has 466 valence electrons. The molecule has 0 aromatic carbocycles. The van der Waals surface area contributed by atoms with Crippen LogP contribution >= 0.6 is 0 Å². The molecule has 0 rings (SSSR count). The maximum absolute atomic E-state index is 12.5. The van der Waals surface area contributed by atoms with Crippen molar-refractivity contribution in [2.24, 2.45) is 0 Å². The highest BCUT2D eigenvalue weighted by atomic mass is 16.5. The minimum Gasteiger partial charge on any atom is -0.466 e. The second kappa shape index (κ2) is 68.6. The lowest BCUT2D eigenvalue weighted by atomic mass is 10.0. The average molecular weight is 1110 g/mol. The van der Waals surface area contributed by atoms with Gasteiger partial charge in [0.2, 0.25) is 5.91 Å². The lowest BCUT2D eigenvalue weighted by molar-refractivity contribution is -0.143. The Balaban J connectivity index is 3.41. The number of hydrogen-bond donors (Lipinski definition) is 3. The molecule has 6 nitrogen and oxygen atoms in total. The average Bonchev–Trinajstić information content (AvgIpc) is 3.45. The van der Waals surface area contributed by atoms with Crippen molar-refractivity contribution >= 4 is 11.9 Å². The summed E-state index contributed by atoms with van der Waals surface area (Å²) in [6.45, 7) is 4.97. The molecule has 2 unspecified atom stereocenters. The molecular weight excluding hydrogens is 971 g/mol. The maximum atomic E-state index is 12.5. The molecule has 0 aromatic heterocycles. The first kappa shape index (κ1) is 77.1. The molecule has 0 fully saturated rings. The van der Waals surface area contributed by atoms with Gasteiger partial charge in [0.05, 0.1) is 25.4 Å². The Bertz CT molecular complexity index is 1280. The Morgan fingerprint density at radius 3 is 0.975 bits per heavy atom. The van der Waals surface area contributed by atoms with Crippen molar-refractivity contribution in [3.8, 4) is 0 Å². The molecular formula is C73H139NO5. The highest BCUT2D eigenvalue weighted by molar-refractivity contribution is 5.76. The third-order valence-corrected chi connectivity index (χ3v) is 16.7. The van der Waals surface area contributed by atoms with Gasteiger partial charge in [-0.1, -0.05) is 333 Å². The molecule has 0 heterocycles. The molecule has 0 spiro atoms. The SMILES string of the molecule is CCCCCCC/C=C\CCCCCCCC(=O)OCCCCCCCCCCC/C=C\C/C=C\CCCCCCCCCCCCCCCC(=O)NC(CO)C(O)CCCCCCCCCCCCCCCCCCCCC. The number of ether oxygens (including phenoxy) is 1. The minimum absolute atomic E-state index is 0.00390. The van der Waals surface area contributed by atoms with Crippen molar-refractivity contribution in [2.75, 3.05) is 13.2 Å². The number of carbonyl (C=O) groups excluding carboxylic acids is 2. The normalized spacial score (nSPS) is 12.7. The van der Waals surface area contributed by atoms with Crippen LogP contribution in [0.5, 0.6) is 0 Å². The van der Waals surface area contributed by atoms with Crippen molar-refractivity contribution < 1.29 is 24.5 Å². The van der Waals surface area contributed by atoms with Gasteiger partial charge in [0.25, 0.3) is 0 Å². The number of esters is 1. The van der Waals surface area contributed by atoms with Crippen molar-refractivity contribution in [3.05, 3.63) is 36.5 Å². The molecule has 1 amide bonds. The predicted molar refractivity (Wildman–Crippen MR) is 347 cm³/mol. The van der Waals surface area contributed by atoms with Gasteiger partial charge >= 0.3 is 5.97 Å². The minimum atomic E-state index is -0.666. The Hall–Kier alpha value is -1.92. The van der Waals surface area contributed by atoms with Gasteiger partial charge in [-0.3, -0.25) is 9.59 Å². The number of aliphatic hydroxyl groups excluding tert-OH is 2. The summed E-state index contributed by atoms with van der Waals surface area (Å²) in [6.07, 6.45) is 87.6. The summed E-state index contributed by atoms with van der Waals surface area (Å²) in [5.74, 6) is -0.0285. The second-order valence-electron chi connectivity index (χ2n) is 24.6. The van der Waals surface area contributed by atoms with E-state index in [-0.39, 0.29) is 18.5 Å². The third-order valence-electron chi connectivity index (χ3n) is 16.7. The van der Waals surface area contributed by atoms with Crippen LogP contribution in [0.3, 0.4) is 0 Å². The lowest BCUT2D eigenvalue weighted by Crippen LogP contribution is -2.45. The number of amides is 1. The van der Waals surface area contributed by atoms with E-state index in [0.717, 1.165) is 51.4 Å². The van der Waals surface area contributed by atoms with E-state index >= 15 is 0 Å². The molecule has 0 bridgehead atoms. The van der Waals surface area contributed by atoms with Gasteiger partial charge in [-0.15, -0.1) is 0 Å². The summed E-state index contributed by atoms with van der Waals surface area (Å²) in [6, 6.07) is -0.543. The van der Waals surface area contributed by atoms with E-state index in [9.17, 15) is 19.8 Å². The molecule has 2 atom stereocenters. The highest BCUT2D eigenvalue weighted by Gasteiger charge is 2.20. The van der Waals surface area contributed by atoms with Crippen molar-refractivity contribution in [1.29, 1.82) is 0 Å². The number of allylic oxidation sites excluding steroid dienone is 6. The fourth-order valence-electron chi connectivity index (χ4n) is 11.2. The molecule has 3 N–H and O–H groups in total. The Morgan fingerprint density at radius 2 is 0.633 bits per heavy atom. The summed E-state index contributed by atoms with van der Waals surface area (Å²) in [4.78, 5) is 24.6. The van der Waals surface area contributed by atoms with E-state index in [1.807, 2.05) is 0 Å². The van der Waals surface area contributed by atoms with Gasteiger partial charge in [-0.05, 0) is 83.5 Å². The summed E-state index contributed by atoms with van der Waals surface area (Å²) >= 11 is 0. The topological polar surface area (TPSA) is 95.9 Å². The van der Waals surface area contributed by atoms with Crippen molar-refractivity contribution in [1.82, 2.24) is 5.32 Å². The van der Waals surface area contributed by atoms with Gasteiger partial charge in [0, 0.05) is 12.8 Å². The van der Waals surface area contributed by atoms with Gasteiger partial charge in [0.15, 0.2) is 0 Å². The first-order valence-corrected chi connectivity index (χ1v) is 35.7. The molecule has 0 radical (unpaired) electrons. The lowest BCUT2D eigenvalue weighted by Gasteiger charge is -2.22. The summed E-state index contributed by atoms with van der Waals surface area (Å²) in [5.41, 5.74) is 0. The van der Waals surface area contributed by atoms with Crippen LogP contribution in [0, 0.1) is 0 Å². The van der Waals surface area contributed by atoms with Crippen LogP contribution in [0.4, 0.5) is 0 Å². The largest absolute Gasteiger partial charge is 0.466 e. The predicted octanol–water partition coefficient (Wildman–Crippen LogP) is 23.1. The number of unbranched alkanes of at least 4 members (excludes halogenated alkanes) is 50. The fraction of sp³-hybridized carbons (Fsp3) is 0.890. The quantitative estimate of drug-likeness (QED) is 0.0320. The zero-order valence-electron chi connectivity index (χ0n) is 53.4. The third kappa shape index (κ3) is 65.1. The van der Waals surface area contributed by atoms with Crippen LogP contribution in [0.15, 0.2) is 36.5 Å². The van der Waals surface area contributed by atoms with Crippen LogP contribution < -0.4 is 5.32 Å². The Morgan fingerprint density at radius 1 is 0.354 bits per heavy atom. The van der Waals surface area contributed by atoms with E-state index in [1.54, 1.807) is 0 Å². The number of nitrogens with one attached hydrogen (secondary N) is 1. The van der Waals surface area contributed by atoms with Crippen molar-refractivity contribution in [3.63, 3.8) is 0 Å². The van der Waals surface area contributed by atoms with E-state index in [2.05, 4.69) is 55.6 Å². The molecule has 0 saturated heterocycles. The van der Waals surface area contributed by atoms with Gasteiger partial charge in [-0.25, -0.2) is 0 Å². The molecule has 0 aliphatic heterocycles. The summed E-state index contributed by atoms with van der Waals surface area (Å²) in [7, 11) is 0. The number of rotatable bonds is 67. The molecule has 0 saturated carbocycles. The molecule has 79 heavy (non-hydrogen) atoms. The Labute approximate surface area is 494 Å². The van der Waals surface area contributed by atoms with Gasteiger partial charge < -0.3 is 20.3 Å². The van der Waals surface area contributed by atoms with Crippen LogP contribution in [0.2, 0.25) is 0 Å². The summed E-state index contributed by atoms with van der Waals surface area (Å²) in [5, 5.41) is 23.4. The first-order chi connectivity index (χ1) is 39.0. The van der Waals surface area contributed by atoms with Crippen molar-refractivity contribution in [2.45, 2.75) is 405 Å². The Kier molecular flexibility index (Phi) is 66.9. The molecule has 0 aromatic rings. The molecule has 0 aliphatic rings. The van der Waals surface area contributed by atoms with Gasteiger partial charge in [-0.2, -0.15) is 0 Å². The zero-order chi connectivity index (χ0) is 57.1. The zero-order valence-corrected chi connectivity index (χ0v) is 53.4. The standard InChI is InChI=1S/C73H139NO5/c1-3-5-7-9-11-13-15-17-19-20-32-35-38-41-45-49-53-57-61-65-71(76)70(69-75)74-72(77)66-62-58-54-50-46-42-39-36-33-30-28-26-24-22-21-23-25-27-29-31-34-37-40-44-48-52-56-60-64-68-79-73(78)67-63-59-55-51-47-43-18-16-14-12-10-8-6-4-2/h16,18,21,23,27,29,70-71,75-76H,3-15,17,19-20,22,24-26,28,30-69H2,1-2H3,(H,74,77)/b18-16-,23-21-,29-27-. The number of carbonyl (C=O) groups is 2. The monoisotopic (exact) mass is 1110 g/mol. The van der Waals surface area contributed by atoms with E-state index in [0.29, 0.717) is 25.9 Å². The van der Waals surface area contributed by atoms with E-state index < -0.39 is 12.1 Å². The smallest absolute Gasteiger partial charge is 0.305 e. The van der Waals surface area contributed by atoms with Gasteiger partial charge in [0.1, 0.15) is 0 Å². The summed E-state index contributed by atoms with van der Waals surface area (Å²) < 4.78 is 5.48. The van der Waals surface area contributed by atoms with Crippen LogP contribution in [-0.2, 0) is 14.3 Å². The second-order valence-corrected chi connectivity index (χ2v) is 24.6. The van der Waals surface area contributed by atoms with Crippen LogP contribution in [-0.4, -0.2) is 47.4 Å². The maximum Gasteiger partial charge on any atom is 0.305 e.